The molecule has 1 aliphatic heterocycles. The van der Waals surface area contributed by atoms with Crippen LogP contribution in [0.4, 0.5) is 0 Å². The molecule has 0 amide bonds. The van der Waals surface area contributed by atoms with Gasteiger partial charge < -0.3 is 14.6 Å². The molecule has 1 heterocycles. The van der Waals surface area contributed by atoms with Crippen LogP contribution >= 0.6 is 11.8 Å². The van der Waals surface area contributed by atoms with Gasteiger partial charge in [0.25, 0.3) is 0 Å². The molecule has 1 N–H and O–H groups in total. The lowest BCUT2D eigenvalue weighted by Crippen LogP contribution is -2.39. The first kappa shape index (κ1) is 21.0. The Labute approximate surface area is 165 Å². The molecule has 26 heavy (non-hydrogen) atoms. The van der Waals surface area contributed by atoms with Crippen LogP contribution in [0.1, 0.15) is 78.6 Å². The van der Waals surface area contributed by atoms with Gasteiger partial charge in [-0.25, -0.2) is 0 Å². The number of hydrogen-bond donors (Lipinski definition) is 1. The molecule has 2 atom stereocenters. The summed E-state index contributed by atoms with van der Waals surface area (Å²) in [5.41, 5.74) is 0.436. The third-order valence-electron chi connectivity index (χ3n) is 7.37. The monoisotopic (exact) mass is 384 g/mol. The Kier molecular flexibility index (Phi) is 7.76. The van der Waals surface area contributed by atoms with E-state index in [1.807, 2.05) is 18.7 Å². The van der Waals surface area contributed by atoms with Crippen LogP contribution < -0.4 is 0 Å². The summed E-state index contributed by atoms with van der Waals surface area (Å²) in [5, 5.41) is 10.5. The summed E-state index contributed by atoms with van der Waals surface area (Å²) in [5.74, 6) is 2.98. The zero-order valence-electron chi connectivity index (χ0n) is 17.1. The van der Waals surface area contributed by atoms with Crippen molar-refractivity contribution in [2.75, 3.05) is 19.0 Å². The van der Waals surface area contributed by atoms with E-state index in [4.69, 9.17) is 9.47 Å². The largest absolute Gasteiger partial charge is 0.391 e. The number of aliphatic hydroxyl groups excluding tert-OH is 1. The Morgan fingerprint density at radius 2 is 1.42 bits per heavy atom. The molecule has 3 aliphatic rings. The van der Waals surface area contributed by atoms with E-state index in [0.717, 1.165) is 30.1 Å². The van der Waals surface area contributed by atoms with Crippen LogP contribution in [0.2, 0.25) is 0 Å². The smallest absolute Gasteiger partial charge is 0.0771 e. The Hall–Kier alpha value is 0.230. The Bertz CT molecular complexity index is 408. The van der Waals surface area contributed by atoms with E-state index in [2.05, 4.69) is 13.8 Å². The Morgan fingerprint density at radius 1 is 0.923 bits per heavy atom. The highest BCUT2D eigenvalue weighted by molar-refractivity contribution is 8.06. The molecule has 1 saturated heterocycles. The maximum Gasteiger partial charge on any atom is 0.0771 e. The molecule has 3 nitrogen and oxygen atoms in total. The van der Waals surface area contributed by atoms with Gasteiger partial charge in [0, 0.05) is 11.0 Å². The molecule has 2 unspecified atom stereocenters. The van der Waals surface area contributed by atoms with E-state index in [1.54, 1.807) is 0 Å². The SMILES string of the molecule is CCC(O)COC1CCC(C(C)(C)C2CCC(OCC3CS3)CC2)CC1. The van der Waals surface area contributed by atoms with E-state index in [-0.39, 0.29) is 6.10 Å². The predicted molar refractivity (Wildman–Crippen MR) is 110 cm³/mol. The standard InChI is InChI=1S/C22H40O3S/c1-4-18(23)13-24-19-9-5-16(6-10-19)22(2,3)17-7-11-20(12-8-17)25-14-21-15-26-21/h16-21,23H,4-15H2,1-3H3. The maximum absolute atomic E-state index is 9.70. The van der Waals surface area contributed by atoms with E-state index in [9.17, 15) is 5.11 Å². The van der Waals surface area contributed by atoms with Crippen LogP contribution in [0.15, 0.2) is 0 Å². The van der Waals surface area contributed by atoms with Crippen molar-refractivity contribution in [2.24, 2.45) is 17.3 Å². The molecule has 2 aliphatic carbocycles. The first-order valence-corrected chi connectivity index (χ1v) is 12.1. The molecule has 4 heteroatoms. The van der Waals surface area contributed by atoms with E-state index in [0.29, 0.717) is 24.2 Å². The van der Waals surface area contributed by atoms with Crippen LogP contribution in [0.25, 0.3) is 0 Å². The Balaban J connectivity index is 1.38. The van der Waals surface area contributed by atoms with Crippen LogP contribution in [-0.4, -0.2) is 47.6 Å². The molecule has 0 spiro atoms. The number of rotatable bonds is 9. The predicted octanol–water partition coefficient (Wildman–Crippen LogP) is 5.05. The highest BCUT2D eigenvalue weighted by Gasteiger charge is 2.41. The summed E-state index contributed by atoms with van der Waals surface area (Å²) in [6.07, 6.45) is 11.5. The summed E-state index contributed by atoms with van der Waals surface area (Å²) in [6, 6.07) is 0. The summed E-state index contributed by atoms with van der Waals surface area (Å²) in [6.45, 7) is 8.55. The summed E-state index contributed by atoms with van der Waals surface area (Å²) < 4.78 is 12.1. The minimum absolute atomic E-state index is 0.292. The van der Waals surface area contributed by atoms with Gasteiger partial charge in [-0.05, 0) is 75.0 Å². The molecule has 3 fully saturated rings. The molecule has 0 aromatic carbocycles. The molecule has 0 radical (unpaired) electrons. The zero-order chi connectivity index (χ0) is 18.6. The van der Waals surface area contributed by atoms with Crippen molar-refractivity contribution in [3.63, 3.8) is 0 Å². The zero-order valence-corrected chi connectivity index (χ0v) is 17.9. The Morgan fingerprint density at radius 3 is 1.88 bits per heavy atom. The van der Waals surface area contributed by atoms with Gasteiger partial charge in [-0.15, -0.1) is 0 Å². The number of ether oxygens (including phenoxy) is 2. The number of aliphatic hydroxyl groups is 1. The van der Waals surface area contributed by atoms with Gasteiger partial charge in [0.2, 0.25) is 0 Å². The van der Waals surface area contributed by atoms with E-state index >= 15 is 0 Å². The lowest BCUT2D eigenvalue weighted by molar-refractivity contribution is -0.0524. The molecule has 0 aromatic heterocycles. The average Bonchev–Trinajstić information content (AvgIpc) is 3.49. The molecule has 152 valence electrons. The highest BCUT2D eigenvalue weighted by atomic mass is 32.2. The second kappa shape index (κ2) is 9.62. The van der Waals surface area contributed by atoms with Gasteiger partial charge in [0.15, 0.2) is 0 Å². The van der Waals surface area contributed by atoms with E-state index < -0.39 is 0 Å². The molecule has 3 rings (SSSR count). The van der Waals surface area contributed by atoms with Crippen molar-refractivity contribution in [3.05, 3.63) is 0 Å². The first-order chi connectivity index (χ1) is 12.5. The van der Waals surface area contributed by atoms with Crippen molar-refractivity contribution in [1.29, 1.82) is 0 Å². The minimum atomic E-state index is -0.292. The molecule has 2 saturated carbocycles. The van der Waals surface area contributed by atoms with Gasteiger partial charge in [-0.1, -0.05) is 20.8 Å². The van der Waals surface area contributed by atoms with Gasteiger partial charge in [-0.2, -0.15) is 11.8 Å². The van der Waals surface area contributed by atoms with Crippen LogP contribution in [0.3, 0.4) is 0 Å². The van der Waals surface area contributed by atoms with Gasteiger partial charge in [-0.3, -0.25) is 0 Å². The third kappa shape index (κ3) is 5.86. The van der Waals surface area contributed by atoms with Crippen LogP contribution in [-0.2, 0) is 9.47 Å². The lowest BCUT2D eigenvalue weighted by atomic mass is 9.60. The average molecular weight is 385 g/mol. The number of thioether (sulfide) groups is 1. The summed E-state index contributed by atoms with van der Waals surface area (Å²) in [4.78, 5) is 0. The van der Waals surface area contributed by atoms with Crippen molar-refractivity contribution in [2.45, 2.75) is 102 Å². The molecular formula is C22H40O3S. The lowest BCUT2D eigenvalue weighted by Gasteiger charge is -2.46. The summed E-state index contributed by atoms with van der Waals surface area (Å²) >= 11 is 2.04. The number of hydrogen-bond acceptors (Lipinski definition) is 4. The van der Waals surface area contributed by atoms with Crippen molar-refractivity contribution in [3.8, 4) is 0 Å². The minimum Gasteiger partial charge on any atom is -0.391 e. The summed E-state index contributed by atoms with van der Waals surface area (Å²) in [7, 11) is 0. The second-order valence-electron chi connectivity index (χ2n) is 9.45. The van der Waals surface area contributed by atoms with Gasteiger partial charge >= 0.3 is 0 Å². The highest BCUT2D eigenvalue weighted by Crippen LogP contribution is 2.49. The van der Waals surface area contributed by atoms with Crippen molar-refractivity contribution in [1.82, 2.24) is 0 Å². The molecular weight excluding hydrogens is 344 g/mol. The van der Waals surface area contributed by atoms with Gasteiger partial charge in [0.1, 0.15) is 0 Å². The van der Waals surface area contributed by atoms with Crippen LogP contribution in [0, 0.1) is 17.3 Å². The van der Waals surface area contributed by atoms with Crippen molar-refractivity contribution < 1.29 is 14.6 Å². The van der Waals surface area contributed by atoms with Gasteiger partial charge in [0.05, 0.1) is 31.5 Å². The normalized spacial score (nSPS) is 36.7. The fourth-order valence-electron chi connectivity index (χ4n) is 5.05. The van der Waals surface area contributed by atoms with Crippen LogP contribution in [0.5, 0.6) is 0 Å². The fourth-order valence-corrected chi connectivity index (χ4v) is 5.46. The molecule has 0 aromatic rings. The molecule has 0 bridgehead atoms. The van der Waals surface area contributed by atoms with Crippen molar-refractivity contribution >= 4 is 11.8 Å². The third-order valence-corrected chi connectivity index (χ3v) is 8.31. The topological polar surface area (TPSA) is 38.7 Å². The quantitative estimate of drug-likeness (QED) is 0.565. The van der Waals surface area contributed by atoms with E-state index in [1.165, 1.54) is 57.1 Å². The fraction of sp³-hybridized carbons (Fsp3) is 1.00. The first-order valence-electron chi connectivity index (χ1n) is 11.0. The maximum atomic E-state index is 9.70. The second-order valence-corrected chi connectivity index (χ2v) is 10.8.